The van der Waals surface area contributed by atoms with Crippen molar-refractivity contribution >= 4 is 29.1 Å². The molecule has 0 saturated carbocycles. The van der Waals surface area contributed by atoms with E-state index in [9.17, 15) is 19.6 Å². The van der Waals surface area contributed by atoms with E-state index in [1.807, 2.05) is 0 Å². The topological polar surface area (TPSA) is 80.0 Å². The van der Waals surface area contributed by atoms with Gasteiger partial charge in [0.2, 0.25) is 0 Å². The van der Waals surface area contributed by atoms with Gasteiger partial charge in [0.05, 0.1) is 53.8 Å². The van der Waals surface area contributed by atoms with Crippen LogP contribution in [0.5, 0.6) is 0 Å². The van der Waals surface area contributed by atoms with Gasteiger partial charge in [-0.25, -0.2) is 9.18 Å². The van der Waals surface area contributed by atoms with Gasteiger partial charge in [-0.15, -0.1) is 0 Å². The number of hydrogen-bond acceptors (Lipinski definition) is 5. The Morgan fingerprint density at radius 3 is 2.55 bits per heavy atom. The van der Waals surface area contributed by atoms with E-state index in [0.717, 1.165) is 4.90 Å². The number of hydrogen-bond donors (Lipinski definition) is 1. The number of nitrogens with zero attached hydrogens (tertiary/aromatic N) is 4. The predicted molar refractivity (Wildman–Crippen MR) is 110 cm³/mol. The molecule has 0 aromatic heterocycles. The Hall–Kier alpha value is -2.08. The maximum absolute atomic E-state index is 14.7. The van der Waals surface area contributed by atoms with Gasteiger partial charge >= 0.3 is 6.09 Å². The van der Waals surface area contributed by atoms with Crippen LogP contribution in [-0.2, 0) is 4.74 Å². The van der Waals surface area contributed by atoms with Gasteiger partial charge in [-0.1, -0.05) is 11.6 Å². The fraction of sp³-hybridized carbons (Fsp3) is 0.600. The number of benzene rings is 1. The number of carboxylic acid groups (broad SMARTS) is 1. The second-order valence-electron chi connectivity index (χ2n) is 8.46. The van der Waals surface area contributed by atoms with Crippen LogP contribution in [0.4, 0.5) is 20.6 Å². The summed E-state index contributed by atoms with van der Waals surface area (Å²) >= 11 is 6.64. The summed E-state index contributed by atoms with van der Waals surface area (Å²) in [5, 5.41) is 19.5. The number of ether oxygens (including phenoxy) is 1. The standard InChI is InChI=1S/C20H26ClFN4O3/c1-20(2,3)26(19(27)28)17-7-13(8-23)6-16(18(17)21)25-5-4-24(9-14(22)10-25)15-11-29-12-15/h6-7,14-15H,4-5,9-12H2,1-3H3,(H,27,28). The zero-order chi connectivity index (χ0) is 21.3. The number of alkyl halides is 1. The smallest absolute Gasteiger partial charge is 0.412 e. The van der Waals surface area contributed by atoms with Gasteiger partial charge in [0.1, 0.15) is 6.17 Å². The Bertz CT molecular complexity index is 819. The van der Waals surface area contributed by atoms with E-state index in [0.29, 0.717) is 38.5 Å². The van der Waals surface area contributed by atoms with Crippen molar-refractivity contribution in [3.05, 3.63) is 22.7 Å². The molecule has 2 saturated heterocycles. The van der Waals surface area contributed by atoms with Crippen LogP contribution in [-0.4, -0.2) is 73.2 Å². The summed E-state index contributed by atoms with van der Waals surface area (Å²) in [4.78, 5) is 17.0. The van der Waals surface area contributed by atoms with Crippen LogP contribution in [0.2, 0.25) is 5.02 Å². The van der Waals surface area contributed by atoms with Crippen molar-refractivity contribution in [1.29, 1.82) is 5.26 Å². The van der Waals surface area contributed by atoms with Gasteiger partial charge in [0.25, 0.3) is 0 Å². The fourth-order valence-electron chi connectivity index (χ4n) is 3.77. The van der Waals surface area contributed by atoms with Crippen LogP contribution in [0.25, 0.3) is 0 Å². The lowest BCUT2D eigenvalue weighted by atomic mass is 10.0. The van der Waals surface area contributed by atoms with E-state index in [2.05, 4.69) is 11.0 Å². The van der Waals surface area contributed by atoms with E-state index in [1.165, 1.54) is 6.07 Å². The molecule has 0 aliphatic carbocycles. The lowest BCUT2D eigenvalue weighted by Gasteiger charge is -2.37. The van der Waals surface area contributed by atoms with Gasteiger partial charge < -0.3 is 14.7 Å². The van der Waals surface area contributed by atoms with Crippen molar-refractivity contribution in [3.8, 4) is 6.07 Å². The van der Waals surface area contributed by atoms with Crippen molar-refractivity contribution in [2.75, 3.05) is 49.2 Å². The zero-order valence-electron chi connectivity index (χ0n) is 16.9. The highest BCUT2D eigenvalue weighted by molar-refractivity contribution is 6.36. The maximum Gasteiger partial charge on any atom is 0.412 e. The summed E-state index contributed by atoms with van der Waals surface area (Å²) in [5.74, 6) is 0. The average molecular weight is 425 g/mol. The fourth-order valence-corrected chi connectivity index (χ4v) is 4.08. The highest BCUT2D eigenvalue weighted by Crippen LogP contribution is 2.40. The molecule has 0 spiro atoms. The molecule has 0 radical (unpaired) electrons. The lowest BCUT2D eigenvalue weighted by Crippen LogP contribution is -2.51. The van der Waals surface area contributed by atoms with E-state index >= 15 is 0 Å². The minimum atomic E-state index is -1.17. The molecule has 1 amide bonds. The molecule has 1 N–H and O–H groups in total. The van der Waals surface area contributed by atoms with Crippen LogP contribution in [0.3, 0.4) is 0 Å². The van der Waals surface area contributed by atoms with E-state index in [4.69, 9.17) is 16.3 Å². The van der Waals surface area contributed by atoms with Gasteiger partial charge in [-0.2, -0.15) is 5.26 Å². The third-order valence-corrected chi connectivity index (χ3v) is 5.64. The molecule has 2 aliphatic heterocycles. The summed E-state index contributed by atoms with van der Waals surface area (Å²) in [6.45, 7) is 8.07. The molecule has 2 aliphatic rings. The van der Waals surface area contributed by atoms with Crippen LogP contribution < -0.4 is 9.80 Å². The van der Waals surface area contributed by atoms with Gasteiger partial charge in [0, 0.05) is 25.2 Å². The number of halogens is 2. The molecule has 0 bridgehead atoms. The van der Waals surface area contributed by atoms with Crippen molar-refractivity contribution in [2.24, 2.45) is 0 Å². The minimum Gasteiger partial charge on any atom is -0.465 e. The first kappa shape index (κ1) is 21.6. The SMILES string of the molecule is CC(C)(C)N(C(=O)O)c1cc(C#N)cc(N2CCN(C3COC3)CC(F)C2)c1Cl. The molecule has 158 valence electrons. The molecule has 7 nitrogen and oxygen atoms in total. The predicted octanol–water partition coefficient (Wildman–Crippen LogP) is 3.35. The minimum absolute atomic E-state index is 0.126. The normalized spacial score (nSPS) is 21.2. The Kier molecular flexibility index (Phi) is 6.22. The third kappa shape index (κ3) is 4.58. The van der Waals surface area contributed by atoms with Crippen molar-refractivity contribution in [3.63, 3.8) is 0 Å². The van der Waals surface area contributed by atoms with Crippen molar-refractivity contribution in [2.45, 2.75) is 38.5 Å². The summed E-state index contributed by atoms with van der Waals surface area (Å²) in [7, 11) is 0. The van der Waals surface area contributed by atoms with E-state index in [1.54, 1.807) is 31.7 Å². The van der Waals surface area contributed by atoms with Gasteiger partial charge in [-0.05, 0) is 32.9 Å². The lowest BCUT2D eigenvalue weighted by molar-refractivity contribution is -0.0668. The molecule has 2 heterocycles. The second kappa shape index (κ2) is 8.34. The van der Waals surface area contributed by atoms with Crippen LogP contribution >= 0.6 is 11.6 Å². The Morgan fingerprint density at radius 2 is 2.03 bits per heavy atom. The van der Waals surface area contributed by atoms with E-state index in [-0.39, 0.29) is 28.9 Å². The molecule has 1 aromatic rings. The molecule has 9 heteroatoms. The van der Waals surface area contributed by atoms with E-state index < -0.39 is 17.8 Å². The van der Waals surface area contributed by atoms with Gasteiger partial charge in [0.15, 0.2) is 0 Å². The summed E-state index contributed by atoms with van der Waals surface area (Å²) in [5.41, 5.74) is 0.206. The summed E-state index contributed by atoms with van der Waals surface area (Å²) < 4.78 is 19.9. The average Bonchev–Trinajstić information content (AvgIpc) is 2.75. The zero-order valence-corrected chi connectivity index (χ0v) is 17.6. The molecule has 2 fully saturated rings. The summed E-state index contributed by atoms with van der Waals surface area (Å²) in [6, 6.07) is 5.36. The quantitative estimate of drug-likeness (QED) is 0.801. The van der Waals surface area contributed by atoms with Crippen LogP contribution in [0.15, 0.2) is 12.1 Å². The number of amides is 1. The number of anilines is 2. The molecule has 1 atom stereocenters. The Labute approximate surface area is 175 Å². The monoisotopic (exact) mass is 424 g/mol. The molecule has 1 unspecified atom stereocenters. The molecule has 1 aromatic carbocycles. The molecular formula is C20H26ClFN4O3. The number of carbonyl (C=O) groups is 1. The largest absolute Gasteiger partial charge is 0.465 e. The summed E-state index contributed by atoms with van der Waals surface area (Å²) in [6.07, 6.45) is -2.27. The number of nitriles is 1. The Morgan fingerprint density at radius 1 is 1.34 bits per heavy atom. The highest BCUT2D eigenvalue weighted by atomic mass is 35.5. The first-order chi connectivity index (χ1) is 13.6. The second-order valence-corrected chi connectivity index (χ2v) is 8.84. The van der Waals surface area contributed by atoms with Crippen molar-refractivity contribution < 1.29 is 19.0 Å². The van der Waals surface area contributed by atoms with Crippen LogP contribution in [0.1, 0.15) is 26.3 Å². The number of rotatable bonds is 3. The Balaban J connectivity index is 1.98. The molecule has 29 heavy (non-hydrogen) atoms. The third-order valence-electron chi connectivity index (χ3n) is 5.25. The van der Waals surface area contributed by atoms with Crippen molar-refractivity contribution in [1.82, 2.24) is 4.90 Å². The first-order valence-corrected chi connectivity index (χ1v) is 9.97. The highest BCUT2D eigenvalue weighted by Gasteiger charge is 2.34. The maximum atomic E-state index is 14.7. The van der Waals surface area contributed by atoms with Crippen LogP contribution in [0, 0.1) is 11.3 Å². The first-order valence-electron chi connectivity index (χ1n) is 9.59. The molecular weight excluding hydrogens is 399 g/mol. The van der Waals surface area contributed by atoms with Gasteiger partial charge in [-0.3, -0.25) is 9.80 Å². The molecule has 3 rings (SSSR count).